The molecule has 1 aromatic rings. The highest BCUT2D eigenvalue weighted by molar-refractivity contribution is 9.10. The predicted molar refractivity (Wildman–Crippen MR) is 38.6 cm³/mol. The van der Waals surface area contributed by atoms with E-state index in [-0.39, 0.29) is 4.47 Å². The van der Waals surface area contributed by atoms with Crippen molar-refractivity contribution in [3.63, 3.8) is 0 Å². The Balaban J connectivity index is 2.94. The van der Waals surface area contributed by atoms with Gasteiger partial charge in [-0.05, 0) is 15.9 Å². The number of halogens is 5. The summed E-state index contributed by atoms with van der Waals surface area (Å²) in [4.78, 5) is 3.02. The van der Waals surface area contributed by atoms with Crippen molar-refractivity contribution < 1.29 is 22.3 Å². The zero-order valence-electron chi connectivity index (χ0n) is 5.90. The molecule has 0 aliphatic heterocycles. The third kappa shape index (κ3) is 3.17. The third-order valence-electron chi connectivity index (χ3n) is 0.999. The molecule has 0 saturated heterocycles. The van der Waals surface area contributed by atoms with Crippen molar-refractivity contribution in [2.24, 2.45) is 0 Å². The lowest BCUT2D eigenvalue weighted by atomic mass is 10.4. The molecule has 0 amide bonds. The Morgan fingerprint density at radius 3 is 2.54 bits per heavy atom. The van der Waals surface area contributed by atoms with E-state index in [1.165, 1.54) is 0 Å². The second-order valence-corrected chi connectivity index (χ2v) is 2.91. The second-order valence-electron chi connectivity index (χ2n) is 1.99. The lowest BCUT2D eigenvalue weighted by Gasteiger charge is -2.08. The Labute approximate surface area is 78.7 Å². The SMILES string of the molecule is Fc1ncc(Br)cc1OC(F)(F)F. The van der Waals surface area contributed by atoms with Gasteiger partial charge < -0.3 is 4.74 Å². The number of aromatic nitrogens is 1. The van der Waals surface area contributed by atoms with E-state index in [9.17, 15) is 17.6 Å². The molecule has 0 bridgehead atoms. The summed E-state index contributed by atoms with van der Waals surface area (Å²) in [6.45, 7) is 0. The summed E-state index contributed by atoms with van der Waals surface area (Å²) in [6.07, 6.45) is -3.89. The molecule has 2 nitrogen and oxygen atoms in total. The Hall–Kier alpha value is -0.850. The molecule has 0 aliphatic carbocycles. The molecule has 0 radical (unpaired) electrons. The van der Waals surface area contributed by atoms with Crippen LogP contribution in [0.5, 0.6) is 5.75 Å². The van der Waals surface area contributed by atoms with Gasteiger partial charge in [0.1, 0.15) is 0 Å². The zero-order chi connectivity index (χ0) is 10.1. The van der Waals surface area contributed by atoms with E-state index < -0.39 is 18.1 Å². The highest BCUT2D eigenvalue weighted by atomic mass is 79.9. The summed E-state index contributed by atoms with van der Waals surface area (Å²) in [7, 11) is 0. The topological polar surface area (TPSA) is 22.1 Å². The van der Waals surface area contributed by atoms with Gasteiger partial charge in [-0.1, -0.05) is 0 Å². The first-order valence-corrected chi connectivity index (χ1v) is 3.74. The number of hydrogen-bond donors (Lipinski definition) is 0. The van der Waals surface area contributed by atoms with E-state index in [0.717, 1.165) is 12.3 Å². The van der Waals surface area contributed by atoms with Crippen molar-refractivity contribution >= 4 is 15.9 Å². The van der Waals surface area contributed by atoms with E-state index in [1.807, 2.05) is 0 Å². The van der Waals surface area contributed by atoms with Crippen LogP contribution >= 0.6 is 15.9 Å². The summed E-state index contributed by atoms with van der Waals surface area (Å²) in [5.41, 5.74) is 0. The average molecular weight is 260 g/mol. The van der Waals surface area contributed by atoms with Crippen molar-refractivity contribution in [2.45, 2.75) is 6.36 Å². The number of hydrogen-bond acceptors (Lipinski definition) is 2. The van der Waals surface area contributed by atoms with Crippen molar-refractivity contribution in [3.8, 4) is 5.75 Å². The maximum absolute atomic E-state index is 12.5. The van der Waals surface area contributed by atoms with Gasteiger partial charge in [-0.15, -0.1) is 13.2 Å². The van der Waals surface area contributed by atoms with Crippen LogP contribution in [-0.4, -0.2) is 11.3 Å². The predicted octanol–water partition coefficient (Wildman–Crippen LogP) is 2.88. The second kappa shape index (κ2) is 3.49. The van der Waals surface area contributed by atoms with Gasteiger partial charge in [0.15, 0.2) is 5.75 Å². The molecule has 1 heterocycles. The number of alkyl halides is 3. The van der Waals surface area contributed by atoms with E-state index in [1.54, 1.807) is 0 Å². The smallest absolute Gasteiger partial charge is 0.401 e. The van der Waals surface area contributed by atoms with Crippen LogP contribution in [0, 0.1) is 5.95 Å². The normalized spacial score (nSPS) is 11.5. The van der Waals surface area contributed by atoms with E-state index >= 15 is 0 Å². The molecular weight excluding hydrogens is 258 g/mol. The minimum atomic E-state index is -4.91. The molecule has 1 aromatic heterocycles. The van der Waals surface area contributed by atoms with Crippen LogP contribution in [0.15, 0.2) is 16.7 Å². The van der Waals surface area contributed by atoms with Crippen LogP contribution in [0.4, 0.5) is 17.6 Å². The lowest BCUT2D eigenvalue weighted by Crippen LogP contribution is -2.18. The van der Waals surface area contributed by atoms with Crippen LogP contribution in [0.2, 0.25) is 0 Å². The molecule has 1 rings (SSSR count). The molecule has 0 fully saturated rings. The molecule has 13 heavy (non-hydrogen) atoms. The highest BCUT2D eigenvalue weighted by Crippen LogP contribution is 2.26. The van der Waals surface area contributed by atoms with Crippen LogP contribution < -0.4 is 4.74 Å². The Kier molecular flexibility index (Phi) is 2.74. The van der Waals surface area contributed by atoms with Gasteiger partial charge in [-0.2, -0.15) is 4.39 Å². The van der Waals surface area contributed by atoms with Gasteiger partial charge in [0.2, 0.25) is 0 Å². The molecule has 0 atom stereocenters. The minimum Gasteiger partial charge on any atom is -0.401 e. The number of rotatable bonds is 1. The Morgan fingerprint density at radius 2 is 2.00 bits per heavy atom. The fraction of sp³-hybridized carbons (Fsp3) is 0.167. The summed E-state index contributed by atoms with van der Waals surface area (Å²) >= 11 is 2.83. The van der Waals surface area contributed by atoms with E-state index in [0.29, 0.717) is 0 Å². The first-order chi connectivity index (χ1) is 5.88. The maximum Gasteiger partial charge on any atom is 0.573 e. The number of ether oxygens (including phenoxy) is 1. The first-order valence-electron chi connectivity index (χ1n) is 2.95. The molecule has 72 valence electrons. The maximum atomic E-state index is 12.5. The van der Waals surface area contributed by atoms with Crippen LogP contribution in [0.25, 0.3) is 0 Å². The molecule has 0 N–H and O–H groups in total. The quantitative estimate of drug-likeness (QED) is 0.572. The van der Waals surface area contributed by atoms with Crippen LogP contribution in [0.1, 0.15) is 0 Å². The van der Waals surface area contributed by atoms with Gasteiger partial charge >= 0.3 is 6.36 Å². The Bertz CT molecular complexity index is 314. The molecule has 0 spiro atoms. The average Bonchev–Trinajstić information content (AvgIpc) is 1.94. The van der Waals surface area contributed by atoms with Crippen LogP contribution in [0.3, 0.4) is 0 Å². The first kappa shape index (κ1) is 10.2. The molecule has 0 unspecified atom stereocenters. The van der Waals surface area contributed by atoms with Crippen LogP contribution in [-0.2, 0) is 0 Å². The fourth-order valence-corrected chi connectivity index (χ4v) is 0.911. The Morgan fingerprint density at radius 1 is 1.38 bits per heavy atom. The van der Waals surface area contributed by atoms with Crippen molar-refractivity contribution in [1.82, 2.24) is 4.98 Å². The van der Waals surface area contributed by atoms with Gasteiger partial charge in [-0.25, -0.2) is 4.98 Å². The van der Waals surface area contributed by atoms with Crippen molar-refractivity contribution in [2.75, 3.05) is 0 Å². The van der Waals surface area contributed by atoms with Gasteiger partial charge in [-0.3, -0.25) is 0 Å². The largest absolute Gasteiger partial charge is 0.573 e. The number of pyridine rings is 1. The molecule has 7 heteroatoms. The van der Waals surface area contributed by atoms with Gasteiger partial charge in [0, 0.05) is 16.7 Å². The van der Waals surface area contributed by atoms with Crippen molar-refractivity contribution in [1.29, 1.82) is 0 Å². The zero-order valence-corrected chi connectivity index (χ0v) is 7.49. The molecule has 0 saturated carbocycles. The molecule has 0 aliphatic rings. The van der Waals surface area contributed by atoms with Gasteiger partial charge in [0.25, 0.3) is 5.95 Å². The minimum absolute atomic E-state index is 0.202. The summed E-state index contributed by atoms with van der Waals surface area (Å²) in [5.74, 6) is -2.26. The van der Waals surface area contributed by atoms with Crippen molar-refractivity contribution in [3.05, 3.63) is 22.7 Å². The highest BCUT2D eigenvalue weighted by Gasteiger charge is 2.32. The standard InChI is InChI=1S/C6H2BrF4NO/c7-3-1-4(5(8)12-2-3)13-6(9,10)11/h1-2H. The monoisotopic (exact) mass is 259 g/mol. The summed E-state index contributed by atoms with van der Waals surface area (Å²) < 4.78 is 51.0. The fourth-order valence-electron chi connectivity index (χ4n) is 0.600. The van der Waals surface area contributed by atoms with E-state index in [2.05, 4.69) is 25.7 Å². The third-order valence-corrected chi connectivity index (χ3v) is 1.43. The summed E-state index contributed by atoms with van der Waals surface area (Å²) in [5, 5.41) is 0. The molecule has 0 aromatic carbocycles. The molecular formula is C6H2BrF4NO. The van der Waals surface area contributed by atoms with E-state index in [4.69, 9.17) is 0 Å². The number of nitrogens with zero attached hydrogens (tertiary/aromatic N) is 1. The lowest BCUT2D eigenvalue weighted by molar-refractivity contribution is -0.275. The summed E-state index contributed by atoms with van der Waals surface area (Å²) in [6, 6.07) is 0.843. The van der Waals surface area contributed by atoms with Gasteiger partial charge in [0.05, 0.1) is 0 Å².